The minimum Gasteiger partial charge on any atom is -0.220 e. The smallest absolute Gasteiger partial charge is 0.150 e. The summed E-state index contributed by atoms with van der Waals surface area (Å²) < 4.78 is 1.70. The molecule has 0 atom stereocenters. The van der Waals surface area contributed by atoms with Crippen LogP contribution in [0.15, 0.2) is 18.2 Å². The number of nitrogens with zero attached hydrogens (tertiary/aromatic N) is 3. The fourth-order valence-corrected chi connectivity index (χ4v) is 2.53. The fraction of sp³-hybridized carbons (Fsp3) is 0.333. The summed E-state index contributed by atoms with van der Waals surface area (Å²) in [5.41, 5.74) is 4.59. The van der Waals surface area contributed by atoms with Crippen molar-refractivity contribution in [2.45, 2.75) is 32.6 Å². The number of hydrogen-bond donors (Lipinski definition) is 0. The molecule has 1 aromatic carbocycles. The summed E-state index contributed by atoms with van der Waals surface area (Å²) in [7, 11) is 0. The highest BCUT2D eigenvalue weighted by Gasteiger charge is 2.32. The van der Waals surface area contributed by atoms with Gasteiger partial charge in [0.25, 0.3) is 0 Å². The van der Waals surface area contributed by atoms with Crippen LogP contribution in [0, 0.1) is 25.2 Å². The van der Waals surface area contributed by atoms with Crippen molar-refractivity contribution >= 4 is 11.6 Å². The average Bonchev–Trinajstić information content (AvgIpc) is 3.17. The second kappa shape index (κ2) is 4.40. The van der Waals surface area contributed by atoms with Gasteiger partial charge in [-0.1, -0.05) is 23.7 Å². The van der Waals surface area contributed by atoms with Crippen LogP contribution in [0.1, 0.15) is 41.1 Å². The van der Waals surface area contributed by atoms with Gasteiger partial charge in [-0.05, 0) is 43.9 Å². The van der Waals surface area contributed by atoms with Gasteiger partial charge in [0.05, 0.1) is 11.4 Å². The molecule has 0 aliphatic heterocycles. The maximum absolute atomic E-state index is 9.27. The predicted molar refractivity (Wildman–Crippen MR) is 74.7 cm³/mol. The molecule has 0 N–H and O–H groups in total. The van der Waals surface area contributed by atoms with E-state index in [1.54, 1.807) is 4.68 Å². The first-order valence-electron chi connectivity index (χ1n) is 6.38. The summed E-state index contributed by atoms with van der Waals surface area (Å²) in [4.78, 5) is 0. The van der Waals surface area contributed by atoms with Gasteiger partial charge in [-0.25, -0.2) is 4.68 Å². The third-order valence-electron chi connectivity index (χ3n) is 3.52. The molecule has 0 saturated heterocycles. The molecule has 2 aromatic rings. The van der Waals surface area contributed by atoms with Crippen LogP contribution in [0.4, 0.5) is 0 Å². The van der Waals surface area contributed by atoms with Gasteiger partial charge < -0.3 is 0 Å². The van der Waals surface area contributed by atoms with Crippen LogP contribution in [0.25, 0.3) is 5.69 Å². The van der Waals surface area contributed by atoms with Crippen LogP contribution in [0.3, 0.4) is 0 Å². The Morgan fingerprint density at radius 3 is 2.74 bits per heavy atom. The summed E-state index contributed by atoms with van der Waals surface area (Å²) >= 11 is 6.34. The van der Waals surface area contributed by atoms with Gasteiger partial charge in [0.2, 0.25) is 0 Å². The molecule has 0 bridgehead atoms. The number of rotatable bonds is 2. The fourth-order valence-electron chi connectivity index (χ4n) is 2.27. The van der Waals surface area contributed by atoms with Crippen molar-refractivity contribution in [3.8, 4) is 11.8 Å². The van der Waals surface area contributed by atoms with Crippen LogP contribution < -0.4 is 0 Å². The zero-order chi connectivity index (χ0) is 13.6. The molecule has 1 saturated carbocycles. The number of hydrogen-bond acceptors (Lipinski definition) is 2. The van der Waals surface area contributed by atoms with E-state index >= 15 is 0 Å². The van der Waals surface area contributed by atoms with E-state index in [1.165, 1.54) is 0 Å². The molecule has 3 rings (SSSR count). The first-order chi connectivity index (χ1) is 9.11. The van der Waals surface area contributed by atoms with Gasteiger partial charge in [0, 0.05) is 5.92 Å². The van der Waals surface area contributed by atoms with Gasteiger partial charge >= 0.3 is 0 Å². The van der Waals surface area contributed by atoms with Gasteiger partial charge in [-0.3, -0.25) is 0 Å². The van der Waals surface area contributed by atoms with Crippen LogP contribution in [-0.2, 0) is 0 Å². The van der Waals surface area contributed by atoms with E-state index in [1.807, 2.05) is 26.0 Å². The second-order valence-corrected chi connectivity index (χ2v) is 5.50. The molecule has 19 heavy (non-hydrogen) atoms. The lowest BCUT2D eigenvalue weighted by Gasteiger charge is -2.08. The number of benzene rings is 1. The van der Waals surface area contributed by atoms with Crippen molar-refractivity contribution in [2.75, 3.05) is 0 Å². The largest absolute Gasteiger partial charge is 0.220 e. The topological polar surface area (TPSA) is 41.6 Å². The van der Waals surface area contributed by atoms with Crippen molar-refractivity contribution in [2.24, 2.45) is 0 Å². The molecule has 0 radical (unpaired) electrons. The quantitative estimate of drug-likeness (QED) is 0.831. The summed E-state index contributed by atoms with van der Waals surface area (Å²) in [5, 5.41) is 14.3. The van der Waals surface area contributed by atoms with Crippen molar-refractivity contribution in [3.63, 3.8) is 0 Å². The summed E-state index contributed by atoms with van der Waals surface area (Å²) in [6, 6.07) is 8.35. The Labute approximate surface area is 117 Å². The molecule has 0 unspecified atom stereocenters. The Balaban J connectivity index is 2.20. The van der Waals surface area contributed by atoms with E-state index in [0.29, 0.717) is 16.6 Å². The molecular formula is C15H14ClN3. The molecule has 1 aromatic heterocycles. The van der Waals surface area contributed by atoms with Gasteiger partial charge in [-0.15, -0.1) is 0 Å². The van der Waals surface area contributed by atoms with Gasteiger partial charge in [0.15, 0.2) is 5.15 Å². The molecule has 4 heteroatoms. The third-order valence-corrected chi connectivity index (χ3v) is 3.87. The average molecular weight is 272 g/mol. The molecule has 0 amide bonds. The molecule has 3 nitrogen and oxygen atoms in total. The van der Waals surface area contributed by atoms with E-state index in [9.17, 15) is 5.26 Å². The lowest BCUT2D eigenvalue weighted by atomic mass is 10.1. The van der Waals surface area contributed by atoms with Crippen LogP contribution in [0.2, 0.25) is 5.15 Å². The molecule has 96 valence electrons. The standard InChI is InChI=1S/C15H14ClN3/c1-9-3-4-10(2)13(7-9)19-15(16)12(8-17)14(18-19)11-5-6-11/h3-4,7,11H,5-6H2,1-2H3. The van der Waals surface area contributed by atoms with Crippen LogP contribution in [-0.4, -0.2) is 9.78 Å². The van der Waals surface area contributed by atoms with E-state index in [4.69, 9.17) is 11.6 Å². The van der Waals surface area contributed by atoms with E-state index in [2.05, 4.69) is 17.2 Å². The zero-order valence-electron chi connectivity index (χ0n) is 10.9. The molecule has 1 fully saturated rings. The Kier molecular flexibility index (Phi) is 2.83. The van der Waals surface area contributed by atoms with Crippen LogP contribution in [0.5, 0.6) is 0 Å². The predicted octanol–water partition coefficient (Wildman–Crippen LogP) is 3.89. The number of aromatic nitrogens is 2. The van der Waals surface area contributed by atoms with Crippen molar-refractivity contribution in [1.29, 1.82) is 5.26 Å². The summed E-state index contributed by atoms with van der Waals surface area (Å²) in [6.45, 7) is 4.06. The normalized spacial score (nSPS) is 14.4. The summed E-state index contributed by atoms with van der Waals surface area (Å²) in [5.74, 6) is 0.415. The number of halogens is 1. The first-order valence-corrected chi connectivity index (χ1v) is 6.75. The van der Waals surface area contributed by atoms with E-state index in [-0.39, 0.29) is 0 Å². The lowest BCUT2D eigenvalue weighted by molar-refractivity contribution is 0.831. The monoisotopic (exact) mass is 271 g/mol. The molecule has 0 spiro atoms. The van der Waals surface area contributed by atoms with Gasteiger partial charge in [0.1, 0.15) is 11.6 Å². The number of aryl methyl sites for hydroxylation is 2. The van der Waals surface area contributed by atoms with Crippen molar-refractivity contribution in [1.82, 2.24) is 9.78 Å². The van der Waals surface area contributed by atoms with Crippen LogP contribution >= 0.6 is 11.6 Å². The Hall–Kier alpha value is -1.79. The summed E-state index contributed by atoms with van der Waals surface area (Å²) in [6.07, 6.45) is 2.21. The Morgan fingerprint density at radius 1 is 1.37 bits per heavy atom. The van der Waals surface area contributed by atoms with Crippen molar-refractivity contribution in [3.05, 3.63) is 45.7 Å². The molecule has 1 aliphatic carbocycles. The van der Waals surface area contributed by atoms with E-state index < -0.39 is 0 Å². The minimum absolute atomic E-state index is 0.415. The zero-order valence-corrected chi connectivity index (χ0v) is 11.7. The maximum atomic E-state index is 9.27. The van der Waals surface area contributed by atoms with E-state index in [0.717, 1.165) is 35.3 Å². The lowest BCUT2D eigenvalue weighted by Crippen LogP contribution is -2.00. The highest BCUT2D eigenvalue weighted by Crippen LogP contribution is 2.42. The highest BCUT2D eigenvalue weighted by atomic mass is 35.5. The van der Waals surface area contributed by atoms with Crippen molar-refractivity contribution < 1.29 is 0 Å². The Bertz CT molecular complexity index is 690. The molecule has 1 heterocycles. The molecule has 1 aliphatic rings. The maximum Gasteiger partial charge on any atom is 0.150 e. The highest BCUT2D eigenvalue weighted by molar-refractivity contribution is 6.31. The first kappa shape index (κ1) is 12.3. The second-order valence-electron chi connectivity index (χ2n) is 5.14. The SMILES string of the molecule is Cc1ccc(C)c(-n2nc(C3CC3)c(C#N)c2Cl)c1. The molecular weight excluding hydrogens is 258 g/mol. The minimum atomic E-state index is 0.415. The van der Waals surface area contributed by atoms with Gasteiger partial charge in [-0.2, -0.15) is 10.4 Å². The number of nitriles is 1. The third kappa shape index (κ3) is 2.02. The Morgan fingerprint density at radius 2 is 2.11 bits per heavy atom.